The lowest BCUT2D eigenvalue weighted by Gasteiger charge is -2.10. The number of hydrogen-bond acceptors (Lipinski definition) is 3. The van der Waals surface area contributed by atoms with E-state index >= 15 is 0 Å². The molecule has 0 aliphatic carbocycles. The first-order valence-corrected chi connectivity index (χ1v) is 5.01. The molecule has 2 N–H and O–H groups in total. The van der Waals surface area contributed by atoms with Crippen molar-refractivity contribution in [2.45, 2.75) is 6.92 Å². The van der Waals surface area contributed by atoms with Crippen LogP contribution >= 0.6 is 0 Å². The number of rotatable bonds is 5. The highest BCUT2D eigenvalue weighted by Gasteiger charge is 2.07. The maximum atomic E-state index is 12.9. The molecule has 0 spiro atoms. The number of methoxy groups -OCH3 is 1. The third-order valence-corrected chi connectivity index (χ3v) is 1.97. The van der Waals surface area contributed by atoms with Gasteiger partial charge in [0.2, 0.25) is 5.91 Å². The van der Waals surface area contributed by atoms with Crippen molar-refractivity contribution in [2.75, 3.05) is 25.5 Å². The molecular weight excluding hydrogens is 211 g/mol. The van der Waals surface area contributed by atoms with Gasteiger partial charge in [-0.05, 0) is 18.7 Å². The van der Waals surface area contributed by atoms with Crippen molar-refractivity contribution in [3.63, 3.8) is 0 Å². The van der Waals surface area contributed by atoms with Crippen molar-refractivity contribution in [3.05, 3.63) is 24.0 Å². The van der Waals surface area contributed by atoms with Gasteiger partial charge < -0.3 is 15.4 Å². The fourth-order valence-electron chi connectivity index (χ4n) is 1.20. The maximum Gasteiger partial charge on any atom is 0.238 e. The Morgan fingerprint density at radius 3 is 2.88 bits per heavy atom. The zero-order valence-corrected chi connectivity index (χ0v) is 9.34. The molecule has 0 heterocycles. The molecule has 0 bridgehead atoms. The fraction of sp³-hybridized carbons (Fsp3) is 0.364. The van der Waals surface area contributed by atoms with E-state index in [1.54, 1.807) is 0 Å². The summed E-state index contributed by atoms with van der Waals surface area (Å²) < 4.78 is 17.8. The highest BCUT2D eigenvalue weighted by Crippen LogP contribution is 2.24. The molecule has 1 aromatic rings. The average Bonchev–Trinajstić information content (AvgIpc) is 2.28. The Morgan fingerprint density at radius 2 is 2.25 bits per heavy atom. The number of carbonyl (C=O) groups is 1. The highest BCUT2D eigenvalue weighted by molar-refractivity contribution is 5.93. The predicted molar refractivity (Wildman–Crippen MR) is 60.1 cm³/mol. The van der Waals surface area contributed by atoms with Crippen molar-refractivity contribution in [1.29, 1.82) is 0 Å². The molecule has 0 unspecified atom stereocenters. The fourth-order valence-corrected chi connectivity index (χ4v) is 1.20. The number of halogens is 1. The number of carbonyl (C=O) groups excluding carboxylic acids is 1. The molecule has 0 aliphatic rings. The average molecular weight is 226 g/mol. The zero-order valence-electron chi connectivity index (χ0n) is 9.34. The van der Waals surface area contributed by atoms with Crippen LogP contribution in [0.25, 0.3) is 0 Å². The molecule has 1 aromatic carbocycles. The molecular formula is C11H15FN2O2. The number of nitrogens with one attached hydrogen (secondary N) is 2. The first-order chi connectivity index (χ1) is 7.67. The van der Waals surface area contributed by atoms with Crippen LogP contribution in [0.3, 0.4) is 0 Å². The Kier molecular flexibility index (Phi) is 4.72. The van der Waals surface area contributed by atoms with Crippen LogP contribution < -0.4 is 15.4 Å². The van der Waals surface area contributed by atoms with Crippen molar-refractivity contribution < 1.29 is 13.9 Å². The van der Waals surface area contributed by atoms with Gasteiger partial charge in [0.25, 0.3) is 0 Å². The van der Waals surface area contributed by atoms with E-state index in [1.807, 2.05) is 6.92 Å². The summed E-state index contributed by atoms with van der Waals surface area (Å²) in [6.07, 6.45) is 0. The van der Waals surface area contributed by atoms with E-state index in [0.717, 1.165) is 0 Å². The minimum absolute atomic E-state index is 0.188. The number of amides is 1. The highest BCUT2D eigenvalue weighted by atomic mass is 19.1. The molecule has 4 nitrogen and oxygen atoms in total. The van der Waals surface area contributed by atoms with Crippen LogP contribution in [-0.2, 0) is 4.79 Å². The van der Waals surface area contributed by atoms with Gasteiger partial charge in [-0.2, -0.15) is 0 Å². The SMILES string of the molecule is CCNCC(=O)Nc1ccc(F)cc1OC. The van der Waals surface area contributed by atoms with Gasteiger partial charge in [0.15, 0.2) is 0 Å². The normalized spacial score (nSPS) is 9.94. The van der Waals surface area contributed by atoms with Crippen LogP contribution in [0.5, 0.6) is 5.75 Å². The minimum Gasteiger partial charge on any atom is -0.494 e. The van der Waals surface area contributed by atoms with Crippen molar-refractivity contribution in [3.8, 4) is 5.75 Å². The number of benzene rings is 1. The molecule has 0 saturated carbocycles. The van der Waals surface area contributed by atoms with Crippen molar-refractivity contribution >= 4 is 11.6 Å². The van der Waals surface area contributed by atoms with Gasteiger partial charge in [0.05, 0.1) is 19.3 Å². The monoisotopic (exact) mass is 226 g/mol. The van der Waals surface area contributed by atoms with Gasteiger partial charge in [-0.1, -0.05) is 6.92 Å². The van der Waals surface area contributed by atoms with Crippen molar-refractivity contribution in [1.82, 2.24) is 5.32 Å². The van der Waals surface area contributed by atoms with E-state index in [0.29, 0.717) is 18.0 Å². The van der Waals surface area contributed by atoms with Crippen LogP contribution in [0.4, 0.5) is 10.1 Å². The minimum atomic E-state index is -0.401. The first kappa shape index (κ1) is 12.4. The molecule has 0 atom stereocenters. The molecule has 0 fully saturated rings. The summed E-state index contributed by atoms with van der Waals surface area (Å²) in [5.74, 6) is -0.280. The molecule has 88 valence electrons. The Hall–Kier alpha value is -1.62. The Labute approximate surface area is 93.8 Å². The van der Waals surface area contributed by atoms with Crippen LogP contribution in [0.1, 0.15) is 6.92 Å². The topological polar surface area (TPSA) is 50.4 Å². The van der Waals surface area contributed by atoms with E-state index < -0.39 is 5.82 Å². The van der Waals surface area contributed by atoms with Gasteiger partial charge in [-0.25, -0.2) is 4.39 Å². The van der Waals surface area contributed by atoms with E-state index in [9.17, 15) is 9.18 Å². The third-order valence-electron chi connectivity index (χ3n) is 1.97. The van der Waals surface area contributed by atoms with Crippen LogP contribution in [0.2, 0.25) is 0 Å². The third kappa shape index (κ3) is 3.51. The quantitative estimate of drug-likeness (QED) is 0.797. The number of likely N-dealkylation sites (N-methyl/N-ethyl adjacent to an activating group) is 1. The second kappa shape index (κ2) is 6.07. The molecule has 1 rings (SSSR count). The van der Waals surface area contributed by atoms with Gasteiger partial charge in [0, 0.05) is 6.07 Å². The lowest BCUT2D eigenvalue weighted by atomic mass is 10.3. The first-order valence-electron chi connectivity index (χ1n) is 5.01. The largest absolute Gasteiger partial charge is 0.494 e. The van der Waals surface area contributed by atoms with E-state index in [2.05, 4.69) is 10.6 Å². The maximum absolute atomic E-state index is 12.9. The summed E-state index contributed by atoms with van der Waals surface area (Å²) in [4.78, 5) is 11.4. The van der Waals surface area contributed by atoms with E-state index in [4.69, 9.17) is 4.74 Å². The number of ether oxygens (including phenoxy) is 1. The van der Waals surface area contributed by atoms with Gasteiger partial charge in [-0.15, -0.1) is 0 Å². The smallest absolute Gasteiger partial charge is 0.238 e. The van der Waals surface area contributed by atoms with E-state index in [1.165, 1.54) is 25.3 Å². The summed E-state index contributed by atoms with van der Waals surface area (Å²) >= 11 is 0. The Morgan fingerprint density at radius 1 is 1.50 bits per heavy atom. The van der Waals surface area contributed by atoms with Gasteiger partial charge >= 0.3 is 0 Å². The summed E-state index contributed by atoms with van der Waals surface area (Å²) in [7, 11) is 1.43. The standard InChI is InChI=1S/C11H15FN2O2/c1-3-13-7-11(15)14-9-5-4-8(12)6-10(9)16-2/h4-6,13H,3,7H2,1-2H3,(H,14,15). The Balaban J connectivity index is 2.69. The summed E-state index contributed by atoms with van der Waals surface area (Å²) in [5, 5.41) is 5.52. The Bertz CT molecular complexity index is 369. The van der Waals surface area contributed by atoms with Crippen LogP contribution in [0.15, 0.2) is 18.2 Å². The van der Waals surface area contributed by atoms with Crippen LogP contribution in [-0.4, -0.2) is 26.1 Å². The summed E-state index contributed by atoms with van der Waals surface area (Å²) in [6, 6.07) is 3.96. The zero-order chi connectivity index (χ0) is 12.0. The molecule has 0 aromatic heterocycles. The second-order valence-electron chi connectivity index (χ2n) is 3.17. The molecule has 1 amide bonds. The second-order valence-corrected chi connectivity index (χ2v) is 3.17. The van der Waals surface area contributed by atoms with Gasteiger partial charge in [-0.3, -0.25) is 4.79 Å². The lowest BCUT2D eigenvalue weighted by molar-refractivity contribution is -0.115. The van der Waals surface area contributed by atoms with Crippen molar-refractivity contribution in [2.24, 2.45) is 0 Å². The molecule has 0 aliphatic heterocycles. The summed E-state index contributed by atoms with van der Waals surface area (Å²) in [6.45, 7) is 2.84. The molecule has 16 heavy (non-hydrogen) atoms. The predicted octanol–water partition coefficient (Wildman–Crippen LogP) is 1.38. The molecule has 5 heteroatoms. The van der Waals surface area contributed by atoms with Crippen LogP contribution in [0, 0.1) is 5.82 Å². The van der Waals surface area contributed by atoms with Gasteiger partial charge in [0.1, 0.15) is 11.6 Å². The number of anilines is 1. The number of hydrogen-bond donors (Lipinski definition) is 2. The lowest BCUT2D eigenvalue weighted by Crippen LogP contribution is -2.27. The molecule has 0 saturated heterocycles. The van der Waals surface area contributed by atoms with E-state index in [-0.39, 0.29) is 12.5 Å². The summed E-state index contributed by atoms with van der Waals surface area (Å²) in [5.41, 5.74) is 0.465. The molecule has 0 radical (unpaired) electrons.